The highest BCUT2D eigenvalue weighted by atomic mass is 31.1. The topological polar surface area (TPSA) is 18.5 Å². The molecule has 0 radical (unpaired) electrons. The van der Waals surface area contributed by atoms with Gasteiger partial charge in [-0.15, -0.1) is 7.53 Å². The van der Waals surface area contributed by atoms with E-state index in [1.807, 2.05) is 0 Å². The van der Waals surface area contributed by atoms with Crippen LogP contribution in [0.2, 0.25) is 0 Å². The molecule has 0 saturated carbocycles. The van der Waals surface area contributed by atoms with Crippen molar-refractivity contribution in [3.8, 4) is 0 Å². The third-order valence-electron chi connectivity index (χ3n) is 5.47. The van der Waals surface area contributed by atoms with Gasteiger partial charge in [0.2, 0.25) is 0 Å². The average molecular weight is 324 g/mol. The van der Waals surface area contributed by atoms with Gasteiger partial charge in [-0.05, 0) is 50.6 Å². The Bertz CT molecular complexity index is 894. The van der Waals surface area contributed by atoms with Crippen molar-refractivity contribution in [3.63, 3.8) is 0 Å². The number of benzene rings is 2. The van der Waals surface area contributed by atoms with Crippen LogP contribution in [0.1, 0.15) is 27.7 Å². The van der Waals surface area contributed by atoms with Gasteiger partial charge in [0.1, 0.15) is 0 Å². The van der Waals surface area contributed by atoms with E-state index in [1.165, 1.54) is 26.5 Å². The molecule has 0 spiro atoms. The van der Waals surface area contributed by atoms with Gasteiger partial charge in [0, 0.05) is 10.2 Å². The smallest absolute Gasteiger partial charge is 0.399 e. The molecular weight excluding hydrogens is 302 g/mol. The first-order chi connectivity index (χ1) is 10.8. The van der Waals surface area contributed by atoms with Crippen LogP contribution >= 0.6 is 7.53 Å². The molecule has 23 heavy (non-hydrogen) atoms. The van der Waals surface area contributed by atoms with Gasteiger partial charge in [-0.2, -0.15) is 0 Å². The minimum Gasteiger partial charge on any atom is -0.399 e. The summed E-state index contributed by atoms with van der Waals surface area (Å²) < 4.78 is 12.6. The summed E-state index contributed by atoms with van der Waals surface area (Å²) in [6, 6.07) is 15.3. The minimum atomic E-state index is -0.355. The van der Waals surface area contributed by atoms with Crippen molar-refractivity contribution in [2.75, 3.05) is 0 Å². The molecule has 0 aliphatic carbocycles. The summed E-state index contributed by atoms with van der Waals surface area (Å²) in [7, 11) is -0.638. The Morgan fingerprint density at radius 3 is 2.13 bits per heavy atom. The maximum Gasteiger partial charge on any atom is 0.495 e. The number of fused-ring (bicyclic) bond motifs is 3. The SMILES string of the molecule is Cp1c2ccccc2c2cccc(B3OC(C)(C)C(C)(C)O3)c21. The number of rotatable bonds is 1. The van der Waals surface area contributed by atoms with E-state index in [-0.39, 0.29) is 25.9 Å². The third kappa shape index (κ3) is 2.11. The van der Waals surface area contributed by atoms with Crippen molar-refractivity contribution in [3.05, 3.63) is 42.5 Å². The zero-order valence-corrected chi connectivity index (χ0v) is 15.3. The molecule has 3 aromatic rings. The Morgan fingerprint density at radius 2 is 1.43 bits per heavy atom. The molecule has 1 fully saturated rings. The molecular formula is C19H22BO2P. The standard InChI is InChI=1S/C19H22BO2P/c1-18(2)19(3,4)22-20(21-18)15-11-8-10-14-13-9-6-7-12-16(13)23(5)17(14)15/h6-12H,1-5H3. The third-order valence-corrected chi connectivity index (χ3v) is 7.75. The Labute approximate surface area is 139 Å². The first-order valence-electron chi connectivity index (χ1n) is 8.13. The summed E-state index contributed by atoms with van der Waals surface area (Å²) in [6.45, 7) is 10.8. The van der Waals surface area contributed by atoms with Crippen LogP contribution in [0.3, 0.4) is 0 Å². The van der Waals surface area contributed by atoms with Crippen LogP contribution in [0.25, 0.3) is 21.0 Å². The zero-order valence-electron chi connectivity index (χ0n) is 14.4. The van der Waals surface area contributed by atoms with Gasteiger partial charge >= 0.3 is 7.12 Å². The molecule has 1 atom stereocenters. The molecule has 0 amide bonds. The monoisotopic (exact) mass is 324 g/mol. The van der Waals surface area contributed by atoms with Crippen molar-refractivity contribution < 1.29 is 9.31 Å². The number of hydrogen-bond donors (Lipinski definition) is 0. The summed E-state index contributed by atoms with van der Waals surface area (Å²) >= 11 is 0. The van der Waals surface area contributed by atoms with Crippen LogP contribution in [0.5, 0.6) is 0 Å². The van der Waals surface area contributed by atoms with Crippen LogP contribution < -0.4 is 5.46 Å². The second-order valence-corrected chi connectivity index (χ2v) is 9.45. The van der Waals surface area contributed by atoms with E-state index in [2.05, 4.69) is 76.8 Å². The highest BCUT2D eigenvalue weighted by Gasteiger charge is 2.52. The quantitative estimate of drug-likeness (QED) is 0.598. The largest absolute Gasteiger partial charge is 0.495 e. The lowest BCUT2D eigenvalue weighted by molar-refractivity contribution is 0.00578. The molecule has 1 aromatic heterocycles. The van der Waals surface area contributed by atoms with E-state index >= 15 is 0 Å². The van der Waals surface area contributed by atoms with E-state index in [4.69, 9.17) is 9.31 Å². The highest BCUT2D eigenvalue weighted by Crippen LogP contribution is 2.47. The predicted molar refractivity (Wildman–Crippen MR) is 101 cm³/mol. The van der Waals surface area contributed by atoms with E-state index in [0.717, 1.165) is 0 Å². The zero-order chi connectivity index (χ0) is 16.4. The van der Waals surface area contributed by atoms with Gasteiger partial charge in [0.05, 0.1) is 11.2 Å². The van der Waals surface area contributed by atoms with Crippen molar-refractivity contribution >= 4 is 41.1 Å². The molecule has 1 saturated heterocycles. The molecule has 2 nitrogen and oxygen atoms in total. The summed E-state index contributed by atoms with van der Waals surface area (Å²) in [6.07, 6.45) is 0. The average Bonchev–Trinajstić information content (AvgIpc) is 2.91. The lowest BCUT2D eigenvalue weighted by Gasteiger charge is -2.32. The predicted octanol–water partition coefficient (Wildman–Crippen LogP) is 4.82. The van der Waals surface area contributed by atoms with Gasteiger partial charge in [-0.1, -0.05) is 42.5 Å². The minimum absolute atomic E-state index is 0.283. The Hall–Kier alpha value is -1.28. The van der Waals surface area contributed by atoms with E-state index in [1.54, 1.807) is 0 Å². The lowest BCUT2D eigenvalue weighted by atomic mass is 9.78. The Kier molecular flexibility index (Phi) is 3.23. The molecule has 0 bridgehead atoms. The number of aryl methyl sites for hydroxylation is 1. The molecule has 1 unspecified atom stereocenters. The maximum atomic E-state index is 6.31. The molecule has 4 rings (SSSR count). The van der Waals surface area contributed by atoms with Gasteiger partial charge < -0.3 is 9.31 Å². The molecule has 118 valence electrons. The lowest BCUT2D eigenvalue weighted by Crippen LogP contribution is -2.41. The second kappa shape index (κ2) is 4.86. The first kappa shape index (κ1) is 15.3. The van der Waals surface area contributed by atoms with E-state index < -0.39 is 0 Å². The maximum absolute atomic E-state index is 6.31. The van der Waals surface area contributed by atoms with Gasteiger partial charge in [0.25, 0.3) is 0 Å². The van der Waals surface area contributed by atoms with E-state index in [9.17, 15) is 0 Å². The second-order valence-electron chi connectivity index (χ2n) is 7.41. The van der Waals surface area contributed by atoms with Crippen LogP contribution in [-0.2, 0) is 16.0 Å². The summed E-state index contributed by atoms with van der Waals surface area (Å²) in [4.78, 5) is 0. The first-order valence-corrected chi connectivity index (χ1v) is 9.92. The van der Waals surface area contributed by atoms with Crippen LogP contribution in [-0.4, -0.2) is 18.3 Å². The van der Waals surface area contributed by atoms with Gasteiger partial charge in [-0.3, -0.25) is 0 Å². The normalized spacial score (nSPS) is 20.6. The molecule has 0 N–H and O–H groups in total. The fraction of sp³-hybridized carbons (Fsp3) is 0.368. The van der Waals surface area contributed by atoms with Crippen LogP contribution in [0.15, 0.2) is 42.5 Å². The fourth-order valence-corrected chi connectivity index (χ4v) is 5.66. The number of hydrogen-bond acceptors (Lipinski definition) is 2. The van der Waals surface area contributed by atoms with Gasteiger partial charge in [-0.25, -0.2) is 0 Å². The van der Waals surface area contributed by atoms with Crippen molar-refractivity contribution in [2.24, 2.45) is 6.66 Å². The van der Waals surface area contributed by atoms with Crippen LogP contribution in [0, 0.1) is 0 Å². The Balaban J connectivity index is 1.96. The molecule has 1 aliphatic heterocycles. The summed E-state index contributed by atoms with van der Waals surface area (Å²) in [5, 5.41) is 5.60. The highest BCUT2D eigenvalue weighted by molar-refractivity contribution is 7.60. The van der Waals surface area contributed by atoms with Crippen LogP contribution in [0.4, 0.5) is 0 Å². The van der Waals surface area contributed by atoms with E-state index in [0.29, 0.717) is 0 Å². The van der Waals surface area contributed by atoms with Crippen molar-refractivity contribution in [1.29, 1.82) is 0 Å². The molecule has 1 aliphatic rings. The molecule has 2 heterocycles. The molecule has 4 heteroatoms. The summed E-state index contributed by atoms with van der Waals surface area (Å²) in [5.41, 5.74) is 0.594. The Morgan fingerprint density at radius 1 is 0.826 bits per heavy atom. The fourth-order valence-electron chi connectivity index (χ4n) is 3.43. The van der Waals surface area contributed by atoms with Gasteiger partial charge in [0.15, 0.2) is 0 Å². The van der Waals surface area contributed by atoms with Crippen molar-refractivity contribution in [2.45, 2.75) is 38.9 Å². The summed E-state index contributed by atoms with van der Waals surface area (Å²) in [5.74, 6) is 0. The van der Waals surface area contributed by atoms with Crippen molar-refractivity contribution in [1.82, 2.24) is 0 Å². The molecule has 2 aromatic carbocycles.